The van der Waals surface area contributed by atoms with Gasteiger partial charge >= 0.3 is 5.97 Å². The Balaban J connectivity index is 0.000000131. The van der Waals surface area contributed by atoms with Crippen molar-refractivity contribution in [1.29, 1.82) is 0 Å². The van der Waals surface area contributed by atoms with Crippen LogP contribution < -0.4 is 22.9 Å². The number of alkyl halides is 5. The second-order valence-electron chi connectivity index (χ2n) is 22.2. The maximum absolute atomic E-state index is 12.9. The van der Waals surface area contributed by atoms with Crippen LogP contribution in [0.3, 0.4) is 0 Å². The van der Waals surface area contributed by atoms with Crippen molar-refractivity contribution >= 4 is 40.2 Å². The van der Waals surface area contributed by atoms with Crippen LogP contribution in [-0.4, -0.2) is 103 Å². The van der Waals surface area contributed by atoms with Crippen molar-refractivity contribution in [3.63, 3.8) is 0 Å². The molecule has 14 rings (SSSR count). The molecule has 4 heterocycles. The van der Waals surface area contributed by atoms with E-state index < -0.39 is 52.6 Å². The van der Waals surface area contributed by atoms with Crippen LogP contribution in [0, 0.1) is 60.8 Å². The summed E-state index contributed by atoms with van der Waals surface area (Å²) in [5, 5.41) is 55.8. The first-order chi connectivity index (χ1) is 43.3. The number of aryl methyl sites for hydroxylation is 5. The normalized spacial score (nSPS) is 21.8. The molecule has 5 aliphatic rings. The van der Waals surface area contributed by atoms with E-state index in [-0.39, 0.29) is 59.0 Å². The van der Waals surface area contributed by atoms with Crippen molar-refractivity contribution in [2.45, 2.75) is 121 Å². The number of amidine groups is 1. The van der Waals surface area contributed by atoms with Crippen molar-refractivity contribution < 1.29 is 65.0 Å². The Kier molecular flexibility index (Phi) is 19.4. The number of nitro groups is 2. The molecule has 10 atom stereocenters. The van der Waals surface area contributed by atoms with Crippen molar-refractivity contribution in [2.75, 3.05) is 17.2 Å². The average Bonchev–Trinajstić information content (AvgIpc) is 1.82. The molecule has 0 spiro atoms. The van der Waals surface area contributed by atoms with E-state index in [0.29, 0.717) is 100 Å². The zero-order chi connectivity index (χ0) is 65.7. The predicted molar refractivity (Wildman–Crippen MR) is 318 cm³/mol. The van der Waals surface area contributed by atoms with E-state index in [2.05, 4.69) is 45.7 Å². The highest BCUT2D eigenvalue weighted by Gasteiger charge is 2.46. The maximum atomic E-state index is 12.9. The summed E-state index contributed by atoms with van der Waals surface area (Å²) >= 11 is 0. The summed E-state index contributed by atoms with van der Waals surface area (Å²) in [5.74, 6) is 0.259. The standard InChI is InChI=1S/C12H10FN3O3.3C12H12FN3O.C8H9N3O3.C4H5FO2/c1-6-2-3-7(4-10(6)16(17)18)11-14-12(19-15-11)8-5-9(8)13;3*1-6-2-3-7(4-10(6)14)11-15-12(17-16-11)8-5-9(8)13;1-5-2-3-6(8(9)10-12)4-7(5)11(13)14;5-3-1-2(3)4(6)7/h2-4,8-9H,5H2,1H3;3*2-4,8-9H,5,14H2,1H3;2-4,12H,1H3,(H2,9,10);2-3H,1H2,(H,6,7)/t4*8-,9-;;2-,3-/m0100.0/s1. The number of nitrogen functional groups attached to an aromatic ring is 3. The molecule has 9 aromatic rings. The van der Waals surface area contributed by atoms with Gasteiger partial charge in [0.05, 0.1) is 39.4 Å². The fourth-order valence-corrected chi connectivity index (χ4v) is 8.42. The molecule has 91 heavy (non-hydrogen) atoms. The number of carboxylic acid groups (broad SMARTS) is 1. The monoisotopic (exact) mass is 1260 g/mol. The first-order valence-electron chi connectivity index (χ1n) is 28.1. The number of benzene rings is 5. The van der Waals surface area contributed by atoms with Crippen molar-refractivity contribution in [3.05, 3.63) is 168 Å². The van der Waals surface area contributed by atoms with Gasteiger partial charge in [-0.3, -0.25) is 25.0 Å². The number of aromatic nitrogens is 8. The highest BCUT2D eigenvalue weighted by atomic mass is 19.2. The third kappa shape index (κ3) is 16.3. The minimum absolute atomic E-state index is 0.00126. The number of nitro benzene ring substituents is 2. The number of halogens is 5. The van der Waals surface area contributed by atoms with Gasteiger partial charge in [-0.2, -0.15) is 19.9 Å². The zero-order valence-electron chi connectivity index (χ0n) is 49.2. The topological polar surface area (TPSA) is 416 Å². The zero-order valence-corrected chi connectivity index (χ0v) is 49.2. The number of nitrogens with zero attached hydrogens (tertiary/aromatic N) is 11. The van der Waals surface area contributed by atoms with Crippen LogP contribution in [0.5, 0.6) is 0 Å². The molecule has 0 aliphatic heterocycles. The van der Waals surface area contributed by atoms with Crippen LogP contribution in [0.1, 0.15) is 113 Å². The van der Waals surface area contributed by atoms with E-state index in [4.69, 9.17) is 51.3 Å². The largest absolute Gasteiger partial charge is 0.481 e. The lowest BCUT2D eigenvalue weighted by Gasteiger charge is -2.00. The minimum atomic E-state index is -1.06. The molecule has 10 N–H and O–H groups in total. The fourth-order valence-electron chi connectivity index (χ4n) is 8.42. The first-order valence-corrected chi connectivity index (χ1v) is 28.1. The lowest BCUT2D eigenvalue weighted by Crippen LogP contribution is -2.13. The highest BCUT2D eigenvalue weighted by Crippen LogP contribution is 2.46. The van der Waals surface area contributed by atoms with Gasteiger partial charge in [0.2, 0.25) is 46.9 Å². The van der Waals surface area contributed by atoms with Crippen molar-refractivity contribution in [2.24, 2.45) is 16.8 Å². The summed E-state index contributed by atoms with van der Waals surface area (Å²) in [6, 6.07) is 25.8. The van der Waals surface area contributed by atoms with Crippen molar-refractivity contribution in [3.8, 4) is 45.6 Å². The van der Waals surface area contributed by atoms with Crippen molar-refractivity contribution in [1.82, 2.24) is 40.6 Å². The van der Waals surface area contributed by atoms with Gasteiger partial charge in [0.1, 0.15) is 30.9 Å². The summed E-state index contributed by atoms with van der Waals surface area (Å²) < 4.78 is 83.1. The van der Waals surface area contributed by atoms with E-state index >= 15 is 0 Å². The summed E-state index contributed by atoms with van der Waals surface area (Å²) in [5.41, 5.74) is 32.0. The highest BCUT2D eigenvalue weighted by molar-refractivity contribution is 5.97. The smallest absolute Gasteiger partial charge is 0.309 e. The fraction of sp³-hybridized carbons (Fsp3) is 0.333. The number of carboxylic acids is 1. The van der Waals surface area contributed by atoms with Crippen LogP contribution in [0.4, 0.5) is 50.4 Å². The van der Waals surface area contributed by atoms with E-state index in [0.717, 1.165) is 33.4 Å². The molecular formula is C60H60F5N15O11. The van der Waals surface area contributed by atoms with Gasteiger partial charge in [-0.15, -0.1) is 0 Å². The summed E-state index contributed by atoms with van der Waals surface area (Å²) in [6.45, 7) is 9.06. The SMILES string of the molecule is Cc1ccc(-c2noc([C@@H]3C[C@H]3F)n2)cc1N.Cc1ccc(-c2noc([C@H]3C[C@@H]3F)n2)cc1N.Cc1ccc(-c2noc([C@H]3C[C@@H]3F)n2)cc1N.Cc1ccc(-c2noc([C@H]3C[C@@H]3F)n2)cc1[N+](=O)[O-].Cc1ccc(/C(N)=N/O)cc1[N+](=O)[O-].O=C(O)[C@H]1C[C@@H]1F. The number of oxime groups is 1. The Morgan fingerprint density at radius 2 is 0.758 bits per heavy atom. The van der Waals surface area contributed by atoms with Gasteiger partial charge in [-0.1, -0.05) is 86.4 Å². The lowest BCUT2D eigenvalue weighted by molar-refractivity contribution is -0.385. The van der Waals surface area contributed by atoms with Gasteiger partial charge < -0.3 is 51.3 Å². The Labute approximate surface area is 513 Å². The van der Waals surface area contributed by atoms with Gasteiger partial charge in [-0.05, 0) is 102 Å². The quantitative estimate of drug-likeness (QED) is 0.0126. The van der Waals surface area contributed by atoms with Crippen LogP contribution in [0.2, 0.25) is 0 Å². The Bertz CT molecular complexity index is 3920. The van der Waals surface area contributed by atoms with Gasteiger partial charge in [0.15, 0.2) is 5.84 Å². The second-order valence-corrected chi connectivity index (χ2v) is 22.2. The van der Waals surface area contributed by atoms with E-state index in [1.165, 1.54) is 12.1 Å². The van der Waals surface area contributed by atoms with Crippen LogP contribution in [0.15, 0.2) is 114 Å². The molecule has 0 amide bonds. The molecule has 5 aliphatic carbocycles. The van der Waals surface area contributed by atoms with E-state index in [9.17, 15) is 47.0 Å². The summed E-state index contributed by atoms with van der Waals surface area (Å²) in [6.07, 6.45) is -2.39. The third-order valence-corrected chi connectivity index (χ3v) is 15.0. The number of anilines is 3. The molecule has 476 valence electrons. The second kappa shape index (κ2) is 27.3. The molecule has 0 bridgehead atoms. The average molecular weight is 1260 g/mol. The molecule has 26 nitrogen and oxygen atoms in total. The molecule has 0 saturated heterocycles. The van der Waals surface area contributed by atoms with E-state index in [1.807, 2.05) is 57.2 Å². The number of carbonyl (C=O) groups is 1. The molecular weight excluding hydrogens is 1200 g/mol. The third-order valence-electron chi connectivity index (χ3n) is 15.0. The Hall–Kier alpha value is -10.8. The minimum Gasteiger partial charge on any atom is -0.481 e. The van der Waals surface area contributed by atoms with Gasteiger partial charge in [-0.25, -0.2) is 22.0 Å². The molecule has 5 fully saturated rings. The van der Waals surface area contributed by atoms with Gasteiger partial charge in [0, 0.05) is 68.1 Å². The molecule has 0 radical (unpaired) electrons. The number of aliphatic carboxylic acids is 1. The summed E-state index contributed by atoms with van der Waals surface area (Å²) in [4.78, 5) is 46.8. The number of hydrogen-bond donors (Lipinski definition) is 6. The van der Waals surface area contributed by atoms with Gasteiger partial charge in [0.25, 0.3) is 11.4 Å². The number of hydrogen-bond acceptors (Lipinski definition) is 22. The van der Waals surface area contributed by atoms with Crippen LogP contribution in [-0.2, 0) is 4.79 Å². The molecule has 31 heteroatoms. The summed E-state index contributed by atoms with van der Waals surface area (Å²) in [7, 11) is 0. The molecule has 0 unspecified atom stereocenters. The molecule has 5 saturated carbocycles. The number of rotatable bonds is 12. The maximum Gasteiger partial charge on any atom is 0.309 e. The molecule has 5 aromatic carbocycles. The first kappa shape index (κ1) is 64.7. The van der Waals surface area contributed by atoms with Crippen LogP contribution in [0.25, 0.3) is 45.6 Å². The predicted octanol–water partition coefficient (Wildman–Crippen LogP) is 11.6. The Morgan fingerprint density at radius 1 is 0.484 bits per heavy atom. The number of nitrogens with two attached hydrogens (primary N) is 4. The lowest BCUT2D eigenvalue weighted by atomic mass is 10.1. The molecule has 4 aromatic heterocycles. The van der Waals surface area contributed by atoms with E-state index in [1.54, 1.807) is 56.3 Å². The Morgan fingerprint density at radius 3 is 1.00 bits per heavy atom. The van der Waals surface area contributed by atoms with Crippen LogP contribution >= 0.6 is 0 Å².